The van der Waals surface area contributed by atoms with Gasteiger partial charge in [-0.05, 0) is 64.5 Å². The van der Waals surface area contributed by atoms with Crippen LogP contribution in [0.4, 0.5) is 4.79 Å². The lowest BCUT2D eigenvalue weighted by Crippen LogP contribution is -2.52. The summed E-state index contributed by atoms with van der Waals surface area (Å²) in [4.78, 5) is 51.0. The van der Waals surface area contributed by atoms with E-state index in [1.54, 1.807) is 27.7 Å². The second-order valence-electron chi connectivity index (χ2n) is 10.7. The molecule has 37 heavy (non-hydrogen) atoms. The predicted octanol–water partition coefficient (Wildman–Crippen LogP) is 2.34. The van der Waals surface area contributed by atoms with Crippen LogP contribution >= 0.6 is 0 Å². The summed E-state index contributed by atoms with van der Waals surface area (Å²) in [6.07, 6.45) is 2.95. The minimum Gasteiger partial charge on any atom is -0.480 e. The first-order valence-corrected chi connectivity index (χ1v) is 12.7. The number of benzene rings is 1. The second kappa shape index (κ2) is 12.1. The maximum absolute atomic E-state index is 13.5. The molecule has 10 heteroatoms. The number of allylic oxidation sites excluding steroid dienone is 1. The van der Waals surface area contributed by atoms with Gasteiger partial charge in [0.2, 0.25) is 11.8 Å². The number of hydrogen-bond acceptors (Lipinski definition) is 6. The van der Waals surface area contributed by atoms with E-state index < -0.39 is 42.2 Å². The molecule has 1 aromatic rings. The average molecular weight is 515 g/mol. The standard InChI is InChI=1S/C27H38N4O6/c1-17-13-21(25(35)31(17)16-23(32)33)30-24(34)20(14-18-9-6-5-7-10-18)29-22(19-11-8-12-19)15-28-26(36)37-27(2,3)4/h5-7,9-10,17,20-21,29H,8,11-16H2,1-4H3,(H,28,36)(H,30,34)(H,32,33). The van der Waals surface area contributed by atoms with Crippen LogP contribution in [0.25, 0.3) is 0 Å². The summed E-state index contributed by atoms with van der Waals surface area (Å²) in [6, 6.07) is 7.75. The SMILES string of the molecule is CC1CC(NC(=O)C(Cc2ccccc2)NC(CNC(=O)OC(C)(C)C)=C2CCC2)C(=O)N1CC(=O)O. The zero-order chi connectivity index (χ0) is 27.2. The minimum atomic E-state index is -1.09. The number of carbonyl (C=O) groups is 4. The Hall–Kier alpha value is -3.56. The monoisotopic (exact) mass is 514 g/mol. The number of hydrogen-bond donors (Lipinski definition) is 4. The van der Waals surface area contributed by atoms with Gasteiger partial charge in [-0.1, -0.05) is 30.3 Å². The van der Waals surface area contributed by atoms with Gasteiger partial charge in [-0.3, -0.25) is 14.4 Å². The van der Waals surface area contributed by atoms with Crippen LogP contribution in [-0.2, 0) is 25.5 Å². The molecule has 0 aromatic heterocycles. The topological polar surface area (TPSA) is 137 Å². The maximum Gasteiger partial charge on any atom is 0.407 e. The molecule has 3 unspecified atom stereocenters. The van der Waals surface area contributed by atoms with Gasteiger partial charge in [0.15, 0.2) is 0 Å². The maximum atomic E-state index is 13.5. The molecule has 1 aliphatic heterocycles. The van der Waals surface area contributed by atoms with Gasteiger partial charge in [0.25, 0.3) is 0 Å². The molecule has 1 heterocycles. The summed E-state index contributed by atoms with van der Waals surface area (Å²) in [7, 11) is 0. The van der Waals surface area contributed by atoms with Crippen molar-refractivity contribution in [3.63, 3.8) is 0 Å². The quantitative estimate of drug-likeness (QED) is 0.376. The molecule has 2 aliphatic rings. The normalized spacial score (nSPS) is 20.1. The van der Waals surface area contributed by atoms with Crippen molar-refractivity contribution in [1.82, 2.24) is 20.9 Å². The second-order valence-corrected chi connectivity index (χ2v) is 10.7. The van der Waals surface area contributed by atoms with Gasteiger partial charge < -0.3 is 30.7 Å². The van der Waals surface area contributed by atoms with E-state index in [1.165, 1.54) is 4.90 Å². The Bertz CT molecular complexity index is 1030. The van der Waals surface area contributed by atoms with Crippen molar-refractivity contribution >= 4 is 23.9 Å². The van der Waals surface area contributed by atoms with Crippen LogP contribution in [0.15, 0.2) is 41.6 Å². The Balaban J connectivity index is 1.74. The summed E-state index contributed by atoms with van der Waals surface area (Å²) in [6.45, 7) is 6.94. The molecule has 0 spiro atoms. The number of carbonyl (C=O) groups excluding carboxylic acids is 3. The highest BCUT2D eigenvalue weighted by Gasteiger charge is 2.39. The van der Waals surface area contributed by atoms with Gasteiger partial charge in [0.1, 0.15) is 24.2 Å². The van der Waals surface area contributed by atoms with Gasteiger partial charge in [0, 0.05) is 18.2 Å². The van der Waals surface area contributed by atoms with Gasteiger partial charge in [-0.15, -0.1) is 0 Å². The lowest BCUT2D eigenvalue weighted by molar-refractivity contribution is -0.144. The Morgan fingerprint density at radius 1 is 1.16 bits per heavy atom. The number of carboxylic acid groups (broad SMARTS) is 1. The van der Waals surface area contributed by atoms with Crippen molar-refractivity contribution in [2.75, 3.05) is 13.1 Å². The third kappa shape index (κ3) is 8.23. The number of rotatable bonds is 10. The highest BCUT2D eigenvalue weighted by Crippen LogP contribution is 2.28. The molecule has 1 saturated carbocycles. The number of nitrogens with zero attached hydrogens (tertiary/aromatic N) is 1. The van der Waals surface area contributed by atoms with Crippen LogP contribution in [0, 0.1) is 0 Å². The lowest BCUT2D eigenvalue weighted by atomic mass is 9.90. The summed E-state index contributed by atoms with van der Waals surface area (Å²) in [5.74, 6) is -1.85. The number of ether oxygens (including phenoxy) is 1. The Kier molecular flexibility index (Phi) is 9.18. The summed E-state index contributed by atoms with van der Waals surface area (Å²) in [5.41, 5.74) is 2.22. The molecule has 202 valence electrons. The minimum absolute atomic E-state index is 0.189. The molecule has 3 amide bonds. The van der Waals surface area contributed by atoms with E-state index in [9.17, 15) is 19.2 Å². The molecule has 1 aromatic carbocycles. The Morgan fingerprint density at radius 2 is 1.84 bits per heavy atom. The third-order valence-corrected chi connectivity index (χ3v) is 6.45. The first kappa shape index (κ1) is 28.0. The Labute approximate surface area is 217 Å². The van der Waals surface area contributed by atoms with E-state index in [4.69, 9.17) is 9.84 Å². The van der Waals surface area contributed by atoms with Crippen molar-refractivity contribution in [1.29, 1.82) is 0 Å². The lowest BCUT2D eigenvalue weighted by Gasteiger charge is -2.28. The van der Waals surface area contributed by atoms with Crippen molar-refractivity contribution in [2.24, 2.45) is 0 Å². The molecule has 4 N–H and O–H groups in total. The number of aliphatic carboxylic acids is 1. The number of alkyl carbamates (subject to hydrolysis) is 1. The number of nitrogens with one attached hydrogen (secondary N) is 3. The molecule has 3 rings (SSSR count). The number of amides is 3. The largest absolute Gasteiger partial charge is 0.480 e. The zero-order valence-corrected chi connectivity index (χ0v) is 22.0. The van der Waals surface area contributed by atoms with E-state index in [2.05, 4.69) is 16.0 Å². The van der Waals surface area contributed by atoms with Gasteiger partial charge in [0.05, 0.1) is 6.54 Å². The van der Waals surface area contributed by atoms with Crippen LogP contribution in [-0.4, -0.2) is 70.7 Å². The molecule has 10 nitrogen and oxygen atoms in total. The molecule has 3 atom stereocenters. The number of likely N-dealkylation sites (tertiary alicyclic amines) is 1. The highest BCUT2D eigenvalue weighted by atomic mass is 16.6. The van der Waals surface area contributed by atoms with E-state index in [1.807, 2.05) is 30.3 Å². The van der Waals surface area contributed by atoms with E-state index in [-0.39, 0.29) is 18.5 Å². The van der Waals surface area contributed by atoms with Crippen LogP contribution < -0.4 is 16.0 Å². The molecule has 2 fully saturated rings. The van der Waals surface area contributed by atoms with Gasteiger partial charge >= 0.3 is 12.1 Å². The molecule has 0 bridgehead atoms. The first-order valence-electron chi connectivity index (χ1n) is 12.7. The average Bonchev–Trinajstić information content (AvgIpc) is 3.02. The summed E-state index contributed by atoms with van der Waals surface area (Å²) in [5, 5.41) is 18.1. The van der Waals surface area contributed by atoms with Crippen LogP contribution in [0.5, 0.6) is 0 Å². The van der Waals surface area contributed by atoms with Crippen LogP contribution in [0.2, 0.25) is 0 Å². The number of carboxylic acids is 1. The fourth-order valence-corrected chi connectivity index (χ4v) is 4.44. The molecule has 1 saturated heterocycles. The van der Waals surface area contributed by atoms with Crippen LogP contribution in [0.1, 0.15) is 58.9 Å². The molecular formula is C27H38N4O6. The Morgan fingerprint density at radius 3 is 2.41 bits per heavy atom. The van der Waals surface area contributed by atoms with E-state index >= 15 is 0 Å². The first-order chi connectivity index (χ1) is 17.4. The smallest absolute Gasteiger partial charge is 0.407 e. The summed E-state index contributed by atoms with van der Waals surface area (Å²) >= 11 is 0. The van der Waals surface area contributed by atoms with Crippen LogP contribution in [0.3, 0.4) is 0 Å². The fourth-order valence-electron chi connectivity index (χ4n) is 4.44. The third-order valence-electron chi connectivity index (χ3n) is 6.45. The van der Waals surface area contributed by atoms with Gasteiger partial charge in [-0.2, -0.15) is 0 Å². The molecular weight excluding hydrogens is 476 g/mol. The zero-order valence-electron chi connectivity index (χ0n) is 22.0. The van der Waals surface area contributed by atoms with Gasteiger partial charge in [-0.25, -0.2) is 4.79 Å². The van der Waals surface area contributed by atoms with Crippen molar-refractivity contribution in [2.45, 2.75) is 83.5 Å². The molecule has 0 radical (unpaired) electrons. The van der Waals surface area contributed by atoms with Crippen molar-refractivity contribution < 1.29 is 29.0 Å². The molecule has 1 aliphatic carbocycles. The van der Waals surface area contributed by atoms with Crippen molar-refractivity contribution in [3.05, 3.63) is 47.2 Å². The highest BCUT2D eigenvalue weighted by molar-refractivity contribution is 5.93. The van der Waals surface area contributed by atoms with Crippen molar-refractivity contribution in [3.8, 4) is 0 Å². The predicted molar refractivity (Wildman–Crippen MR) is 138 cm³/mol. The van der Waals surface area contributed by atoms with E-state index in [0.29, 0.717) is 12.8 Å². The fraction of sp³-hybridized carbons (Fsp3) is 0.556. The van der Waals surface area contributed by atoms with E-state index in [0.717, 1.165) is 36.1 Å². The summed E-state index contributed by atoms with van der Waals surface area (Å²) < 4.78 is 5.35.